The van der Waals surface area contributed by atoms with E-state index in [2.05, 4.69) is 20.6 Å². The summed E-state index contributed by atoms with van der Waals surface area (Å²) in [5, 5.41) is 6.59. The maximum atomic E-state index is 12.5. The van der Waals surface area contributed by atoms with Gasteiger partial charge in [-0.1, -0.05) is 17.7 Å². The number of nitrogens with zero attached hydrogens (tertiary/aromatic N) is 2. The smallest absolute Gasteiger partial charge is 0.274 e. The Balaban J connectivity index is 1.79. The van der Waals surface area contributed by atoms with E-state index < -0.39 is 0 Å². The van der Waals surface area contributed by atoms with Crippen LogP contribution in [0.25, 0.3) is 0 Å². The second kappa shape index (κ2) is 7.84. The third-order valence-corrected chi connectivity index (χ3v) is 3.77. The highest BCUT2D eigenvalue weighted by Gasteiger charge is 2.11. The molecule has 0 atom stereocenters. The van der Waals surface area contributed by atoms with E-state index in [0.29, 0.717) is 28.1 Å². The van der Waals surface area contributed by atoms with Gasteiger partial charge in [-0.15, -0.1) is 0 Å². The number of amides is 1. The summed E-state index contributed by atoms with van der Waals surface area (Å²) in [6.45, 7) is 1.73. The van der Waals surface area contributed by atoms with Gasteiger partial charge in [0.25, 0.3) is 5.91 Å². The minimum atomic E-state index is -0.331. The number of nitrogens with one attached hydrogen (secondary N) is 2. The zero-order valence-electron chi connectivity index (χ0n) is 14.3. The normalized spacial score (nSPS) is 10.3. The van der Waals surface area contributed by atoms with Crippen molar-refractivity contribution in [2.45, 2.75) is 6.92 Å². The standard InChI is InChI=1S/C19H17ClN4O2/c1-12-21-17(19(25)24-15-4-3-5-16(10-15)26-2)11-18(22-12)23-14-8-6-13(20)7-9-14/h3-11H,1-2H3,(H,24,25)(H,21,22,23). The highest BCUT2D eigenvalue weighted by Crippen LogP contribution is 2.20. The number of methoxy groups -OCH3 is 1. The van der Waals surface area contributed by atoms with Gasteiger partial charge in [-0.2, -0.15) is 0 Å². The number of carbonyl (C=O) groups excluding carboxylic acids is 1. The number of anilines is 3. The van der Waals surface area contributed by atoms with Crippen LogP contribution in [0, 0.1) is 6.92 Å². The summed E-state index contributed by atoms with van der Waals surface area (Å²) in [4.78, 5) is 21.1. The molecule has 1 aromatic heterocycles. The van der Waals surface area contributed by atoms with Crippen molar-refractivity contribution in [3.63, 3.8) is 0 Å². The SMILES string of the molecule is COc1cccc(NC(=O)c2cc(Nc3ccc(Cl)cc3)nc(C)n2)c1. The zero-order chi connectivity index (χ0) is 18.5. The molecule has 0 bridgehead atoms. The average Bonchev–Trinajstić information content (AvgIpc) is 2.63. The van der Waals surface area contributed by atoms with Gasteiger partial charge < -0.3 is 15.4 Å². The van der Waals surface area contributed by atoms with E-state index in [1.54, 1.807) is 56.5 Å². The fourth-order valence-electron chi connectivity index (χ4n) is 2.33. The summed E-state index contributed by atoms with van der Waals surface area (Å²) in [5.74, 6) is 1.34. The first-order valence-electron chi connectivity index (χ1n) is 7.87. The Bertz CT molecular complexity index is 929. The van der Waals surface area contributed by atoms with Crippen LogP contribution in [-0.4, -0.2) is 23.0 Å². The molecule has 26 heavy (non-hydrogen) atoms. The Kier molecular flexibility index (Phi) is 5.34. The molecule has 7 heteroatoms. The van der Waals surface area contributed by atoms with Gasteiger partial charge in [-0.05, 0) is 43.3 Å². The minimum Gasteiger partial charge on any atom is -0.497 e. The molecule has 0 aliphatic rings. The van der Waals surface area contributed by atoms with E-state index in [9.17, 15) is 4.79 Å². The summed E-state index contributed by atoms with van der Waals surface area (Å²) in [7, 11) is 1.57. The molecule has 0 saturated carbocycles. The van der Waals surface area contributed by atoms with Crippen molar-refractivity contribution in [2.24, 2.45) is 0 Å². The van der Waals surface area contributed by atoms with E-state index >= 15 is 0 Å². The van der Waals surface area contributed by atoms with Gasteiger partial charge >= 0.3 is 0 Å². The molecule has 1 heterocycles. The lowest BCUT2D eigenvalue weighted by Gasteiger charge is -2.10. The molecule has 3 aromatic rings. The summed E-state index contributed by atoms with van der Waals surface area (Å²) in [6.07, 6.45) is 0. The first kappa shape index (κ1) is 17.7. The molecule has 0 saturated heterocycles. The van der Waals surface area contributed by atoms with Crippen LogP contribution in [-0.2, 0) is 0 Å². The number of ether oxygens (including phenoxy) is 1. The van der Waals surface area contributed by atoms with Crippen LogP contribution in [0.5, 0.6) is 5.75 Å². The van der Waals surface area contributed by atoms with Gasteiger partial charge in [0.2, 0.25) is 0 Å². The van der Waals surface area contributed by atoms with Crippen LogP contribution in [0.15, 0.2) is 54.6 Å². The second-order valence-electron chi connectivity index (χ2n) is 5.50. The molecule has 0 aliphatic carbocycles. The van der Waals surface area contributed by atoms with Crippen LogP contribution in [0.1, 0.15) is 16.3 Å². The molecule has 0 aliphatic heterocycles. The third-order valence-electron chi connectivity index (χ3n) is 3.51. The molecule has 6 nitrogen and oxygen atoms in total. The van der Waals surface area contributed by atoms with Gasteiger partial charge in [0, 0.05) is 28.5 Å². The number of benzene rings is 2. The van der Waals surface area contributed by atoms with E-state index in [1.807, 2.05) is 12.1 Å². The van der Waals surface area contributed by atoms with Crippen molar-refractivity contribution in [1.29, 1.82) is 0 Å². The second-order valence-corrected chi connectivity index (χ2v) is 5.94. The fourth-order valence-corrected chi connectivity index (χ4v) is 2.45. The Morgan fingerprint density at radius 2 is 1.81 bits per heavy atom. The number of halogens is 1. The maximum Gasteiger partial charge on any atom is 0.274 e. The third kappa shape index (κ3) is 4.49. The molecular weight excluding hydrogens is 352 g/mol. The highest BCUT2D eigenvalue weighted by molar-refractivity contribution is 6.30. The predicted octanol–water partition coefficient (Wildman–Crippen LogP) is 4.44. The predicted molar refractivity (Wildman–Crippen MR) is 102 cm³/mol. The molecular formula is C19H17ClN4O2. The Labute approximate surface area is 156 Å². The van der Waals surface area contributed by atoms with E-state index in [1.165, 1.54) is 0 Å². The van der Waals surface area contributed by atoms with Crippen molar-refractivity contribution in [3.05, 3.63) is 71.1 Å². The topological polar surface area (TPSA) is 76.1 Å². The molecule has 0 fully saturated rings. The number of aromatic nitrogens is 2. The van der Waals surface area contributed by atoms with Gasteiger partial charge in [0.05, 0.1) is 7.11 Å². The molecule has 132 valence electrons. The van der Waals surface area contributed by atoms with Crippen molar-refractivity contribution >= 4 is 34.7 Å². The van der Waals surface area contributed by atoms with Crippen molar-refractivity contribution in [3.8, 4) is 5.75 Å². The summed E-state index contributed by atoms with van der Waals surface area (Å²) < 4.78 is 5.16. The molecule has 0 radical (unpaired) electrons. The highest BCUT2D eigenvalue weighted by atomic mass is 35.5. The number of carbonyl (C=O) groups is 1. The molecule has 2 N–H and O–H groups in total. The van der Waals surface area contributed by atoms with Crippen molar-refractivity contribution < 1.29 is 9.53 Å². The summed E-state index contributed by atoms with van der Waals surface area (Å²) >= 11 is 5.89. The maximum absolute atomic E-state index is 12.5. The van der Waals surface area contributed by atoms with E-state index in [4.69, 9.17) is 16.3 Å². The first-order chi connectivity index (χ1) is 12.5. The lowest BCUT2D eigenvalue weighted by molar-refractivity contribution is 0.102. The van der Waals surface area contributed by atoms with E-state index in [-0.39, 0.29) is 11.6 Å². The van der Waals surface area contributed by atoms with E-state index in [0.717, 1.165) is 5.69 Å². The Morgan fingerprint density at radius 1 is 1.04 bits per heavy atom. The van der Waals surface area contributed by atoms with Gasteiger partial charge in [0.15, 0.2) is 0 Å². The van der Waals surface area contributed by atoms with Crippen LogP contribution in [0.2, 0.25) is 5.02 Å². The van der Waals surface area contributed by atoms with Crippen molar-refractivity contribution in [2.75, 3.05) is 17.7 Å². The molecule has 3 rings (SSSR count). The zero-order valence-corrected chi connectivity index (χ0v) is 15.0. The van der Waals surface area contributed by atoms with Crippen LogP contribution in [0.4, 0.5) is 17.2 Å². The van der Waals surface area contributed by atoms with Crippen LogP contribution < -0.4 is 15.4 Å². The Hall–Kier alpha value is -3.12. The minimum absolute atomic E-state index is 0.261. The number of rotatable bonds is 5. The monoisotopic (exact) mass is 368 g/mol. The van der Waals surface area contributed by atoms with Gasteiger partial charge in [-0.3, -0.25) is 4.79 Å². The number of hydrogen-bond acceptors (Lipinski definition) is 5. The van der Waals surface area contributed by atoms with Crippen molar-refractivity contribution in [1.82, 2.24) is 9.97 Å². The Morgan fingerprint density at radius 3 is 2.54 bits per heavy atom. The number of aryl methyl sites for hydroxylation is 1. The summed E-state index contributed by atoms with van der Waals surface area (Å²) in [5.41, 5.74) is 1.70. The van der Waals surface area contributed by atoms with Gasteiger partial charge in [0.1, 0.15) is 23.1 Å². The average molecular weight is 369 g/mol. The number of hydrogen-bond donors (Lipinski definition) is 2. The largest absolute Gasteiger partial charge is 0.497 e. The molecule has 2 aromatic carbocycles. The van der Waals surface area contributed by atoms with Gasteiger partial charge in [-0.25, -0.2) is 9.97 Å². The lowest BCUT2D eigenvalue weighted by atomic mass is 10.2. The van der Waals surface area contributed by atoms with Crippen LogP contribution in [0.3, 0.4) is 0 Å². The first-order valence-corrected chi connectivity index (χ1v) is 8.25. The molecule has 0 unspecified atom stereocenters. The van der Waals surface area contributed by atoms with Crippen LogP contribution >= 0.6 is 11.6 Å². The fraction of sp³-hybridized carbons (Fsp3) is 0.105. The molecule has 1 amide bonds. The quantitative estimate of drug-likeness (QED) is 0.696. The lowest BCUT2D eigenvalue weighted by Crippen LogP contribution is -2.15. The summed E-state index contributed by atoms with van der Waals surface area (Å²) in [6, 6.07) is 15.9. The molecule has 0 spiro atoms.